The summed E-state index contributed by atoms with van der Waals surface area (Å²) in [5.74, 6) is 1.11. The minimum Gasteiger partial charge on any atom is -0.303 e. The fourth-order valence-corrected chi connectivity index (χ4v) is 7.23. The van der Waals surface area contributed by atoms with Crippen LogP contribution in [0.2, 0.25) is 0 Å². The van der Waals surface area contributed by atoms with Crippen molar-refractivity contribution in [3.05, 3.63) is 35.9 Å². The number of hydrogen-bond acceptors (Lipinski definition) is 2. The van der Waals surface area contributed by atoms with Crippen LogP contribution < -0.4 is 0 Å². The highest BCUT2D eigenvalue weighted by Gasteiger charge is 2.44. The second-order valence-corrected chi connectivity index (χ2v) is 10.5. The normalized spacial score (nSPS) is 40.0. The summed E-state index contributed by atoms with van der Waals surface area (Å²) in [6.45, 7) is 8.18. The molecule has 0 atom stereocenters. The molecule has 0 spiro atoms. The Balaban J connectivity index is 0.000000122. The van der Waals surface area contributed by atoms with Gasteiger partial charge in [0.1, 0.15) is 0 Å². The lowest BCUT2D eigenvalue weighted by Gasteiger charge is -2.53. The van der Waals surface area contributed by atoms with E-state index in [1.54, 1.807) is 18.4 Å². The third kappa shape index (κ3) is 3.67. The monoisotopic (exact) mass is 380 g/mol. The molecule has 7 aliphatic rings. The molecule has 6 saturated heterocycles. The summed E-state index contributed by atoms with van der Waals surface area (Å²) in [6.07, 6.45) is 16.4. The highest BCUT2D eigenvalue weighted by atomic mass is 15.2. The number of piperidine rings is 6. The van der Waals surface area contributed by atoms with Gasteiger partial charge in [-0.3, -0.25) is 0 Å². The van der Waals surface area contributed by atoms with Crippen LogP contribution in [-0.2, 0) is 5.41 Å². The third-order valence-corrected chi connectivity index (χ3v) is 9.35. The zero-order valence-electron chi connectivity index (χ0n) is 17.9. The number of benzene rings is 1. The third-order valence-electron chi connectivity index (χ3n) is 9.35. The summed E-state index contributed by atoms with van der Waals surface area (Å²) < 4.78 is 0. The Kier molecular flexibility index (Phi) is 5.54. The van der Waals surface area contributed by atoms with Crippen molar-refractivity contribution in [3.8, 4) is 0 Å². The smallest absolute Gasteiger partial charge is 0.00102 e. The molecule has 7 fully saturated rings. The van der Waals surface area contributed by atoms with Gasteiger partial charge in [-0.1, -0.05) is 49.6 Å². The molecule has 28 heavy (non-hydrogen) atoms. The van der Waals surface area contributed by atoms with Crippen molar-refractivity contribution in [2.75, 3.05) is 39.3 Å². The van der Waals surface area contributed by atoms with Crippen molar-refractivity contribution < 1.29 is 0 Å². The van der Waals surface area contributed by atoms with Gasteiger partial charge in [-0.25, -0.2) is 0 Å². The molecule has 2 heteroatoms. The van der Waals surface area contributed by atoms with E-state index >= 15 is 0 Å². The van der Waals surface area contributed by atoms with Crippen LogP contribution in [0.5, 0.6) is 0 Å². The SMILES string of the molecule is C1CCC(C23CCN(CC2)CC3)CC1.c1ccc(C23CCN(CC2)CC3)cc1. The van der Waals surface area contributed by atoms with Gasteiger partial charge in [0.15, 0.2) is 0 Å². The molecule has 1 aliphatic carbocycles. The molecule has 0 amide bonds. The van der Waals surface area contributed by atoms with Crippen LogP contribution in [0, 0.1) is 11.3 Å². The van der Waals surface area contributed by atoms with Crippen LogP contribution >= 0.6 is 0 Å². The fraction of sp³-hybridized carbons (Fsp3) is 0.769. The fourth-order valence-electron chi connectivity index (χ4n) is 7.23. The van der Waals surface area contributed by atoms with Crippen molar-refractivity contribution in [1.29, 1.82) is 0 Å². The second kappa shape index (κ2) is 8.11. The molecule has 6 aliphatic heterocycles. The Bertz CT molecular complexity index is 590. The summed E-state index contributed by atoms with van der Waals surface area (Å²) in [5, 5.41) is 0. The Labute approximate surface area is 172 Å². The van der Waals surface area contributed by atoms with E-state index in [-0.39, 0.29) is 0 Å². The molecule has 154 valence electrons. The molecule has 2 nitrogen and oxygen atoms in total. The summed E-state index contributed by atoms with van der Waals surface area (Å²) in [7, 11) is 0. The molecule has 0 unspecified atom stereocenters. The van der Waals surface area contributed by atoms with Gasteiger partial charge in [0.2, 0.25) is 0 Å². The zero-order chi connectivity index (χ0) is 18.9. The van der Waals surface area contributed by atoms with E-state index in [1.807, 2.05) is 0 Å². The molecule has 1 aromatic rings. The van der Waals surface area contributed by atoms with Crippen LogP contribution in [0.1, 0.15) is 76.2 Å². The topological polar surface area (TPSA) is 6.48 Å². The number of hydrogen-bond donors (Lipinski definition) is 0. The van der Waals surface area contributed by atoms with Gasteiger partial charge >= 0.3 is 0 Å². The van der Waals surface area contributed by atoms with Crippen LogP contribution in [-0.4, -0.2) is 49.1 Å². The maximum Gasteiger partial charge on any atom is -0.00102 e. The lowest BCUT2D eigenvalue weighted by atomic mass is 9.60. The average Bonchev–Trinajstić information content (AvgIpc) is 2.83. The van der Waals surface area contributed by atoms with Crippen LogP contribution in [0.4, 0.5) is 0 Å². The number of fused-ring (bicyclic) bond motifs is 6. The largest absolute Gasteiger partial charge is 0.303 e. The highest BCUT2D eigenvalue weighted by molar-refractivity contribution is 5.27. The predicted molar refractivity (Wildman–Crippen MR) is 118 cm³/mol. The molecule has 1 aromatic carbocycles. The first-order valence-corrected chi connectivity index (χ1v) is 12.3. The number of nitrogens with zero attached hydrogens (tertiary/aromatic N) is 2. The maximum absolute atomic E-state index is 2.67. The molecular weight excluding hydrogens is 340 g/mol. The maximum atomic E-state index is 2.67. The van der Waals surface area contributed by atoms with Gasteiger partial charge in [0.05, 0.1) is 0 Å². The summed E-state index contributed by atoms with van der Waals surface area (Å²) in [4.78, 5) is 5.27. The Morgan fingerprint density at radius 1 is 0.607 bits per heavy atom. The van der Waals surface area contributed by atoms with E-state index in [0.717, 1.165) is 11.3 Å². The molecule has 6 heterocycles. The standard InChI is InChI=1S/C13H23N.C13H17N/c2*1-2-4-12(5-3-1)13-6-9-14(10-7-13)11-8-13/h12H,1-11H2;1-5H,6-11H2. The minimum atomic E-state index is 0.538. The first-order valence-electron chi connectivity index (χ1n) is 12.3. The Hall–Kier alpha value is -0.860. The van der Waals surface area contributed by atoms with Gasteiger partial charge in [0, 0.05) is 0 Å². The van der Waals surface area contributed by atoms with Crippen molar-refractivity contribution in [2.45, 2.75) is 76.0 Å². The van der Waals surface area contributed by atoms with E-state index in [4.69, 9.17) is 0 Å². The number of rotatable bonds is 2. The summed E-state index contributed by atoms with van der Waals surface area (Å²) >= 11 is 0. The van der Waals surface area contributed by atoms with Gasteiger partial charge in [-0.15, -0.1) is 0 Å². The van der Waals surface area contributed by atoms with E-state index in [1.165, 1.54) is 97.1 Å². The predicted octanol–water partition coefficient (Wildman–Crippen LogP) is 5.48. The minimum absolute atomic E-state index is 0.538. The highest BCUT2D eigenvalue weighted by Crippen LogP contribution is 2.50. The first-order chi connectivity index (χ1) is 13.8. The Morgan fingerprint density at radius 3 is 1.64 bits per heavy atom. The van der Waals surface area contributed by atoms with Crippen molar-refractivity contribution in [1.82, 2.24) is 9.80 Å². The first kappa shape index (κ1) is 19.1. The summed E-state index contributed by atoms with van der Waals surface area (Å²) in [6, 6.07) is 11.1. The molecule has 4 bridgehead atoms. The molecule has 0 aromatic heterocycles. The van der Waals surface area contributed by atoms with Crippen molar-refractivity contribution >= 4 is 0 Å². The van der Waals surface area contributed by atoms with E-state index in [2.05, 4.69) is 40.1 Å². The summed E-state index contributed by atoms with van der Waals surface area (Å²) in [5.41, 5.74) is 2.94. The van der Waals surface area contributed by atoms with Crippen molar-refractivity contribution in [2.24, 2.45) is 11.3 Å². The molecular formula is C26H40N2. The molecule has 1 saturated carbocycles. The van der Waals surface area contributed by atoms with E-state index in [9.17, 15) is 0 Å². The molecule has 8 rings (SSSR count). The second-order valence-electron chi connectivity index (χ2n) is 10.5. The van der Waals surface area contributed by atoms with Gasteiger partial charge < -0.3 is 9.80 Å². The molecule has 0 N–H and O–H groups in total. The quantitative estimate of drug-likeness (QED) is 0.670. The lowest BCUT2D eigenvalue weighted by Crippen LogP contribution is -2.51. The van der Waals surface area contributed by atoms with Crippen LogP contribution in [0.3, 0.4) is 0 Å². The van der Waals surface area contributed by atoms with Crippen molar-refractivity contribution in [3.63, 3.8) is 0 Å². The van der Waals surface area contributed by atoms with Gasteiger partial charge in [-0.05, 0) is 113 Å². The Morgan fingerprint density at radius 2 is 1.11 bits per heavy atom. The lowest BCUT2D eigenvalue weighted by molar-refractivity contribution is -0.0313. The van der Waals surface area contributed by atoms with Crippen LogP contribution in [0.25, 0.3) is 0 Å². The molecule has 0 radical (unpaired) electrons. The van der Waals surface area contributed by atoms with E-state index in [0.29, 0.717) is 5.41 Å². The zero-order valence-corrected chi connectivity index (χ0v) is 17.9. The average molecular weight is 381 g/mol. The van der Waals surface area contributed by atoms with Gasteiger partial charge in [0.25, 0.3) is 0 Å². The van der Waals surface area contributed by atoms with Gasteiger partial charge in [-0.2, -0.15) is 0 Å². The van der Waals surface area contributed by atoms with Crippen LogP contribution in [0.15, 0.2) is 30.3 Å². The van der Waals surface area contributed by atoms with E-state index < -0.39 is 0 Å².